The molecule has 0 bridgehead atoms. The molecule has 1 saturated carbocycles. The standard InChI is InChI=1S/C11H19F3N2/c1-2-9-5-15-10(8-3-4-8)6-16(9)7-11(12,13)14/h8-10,15H,2-7H2,1H3. The summed E-state index contributed by atoms with van der Waals surface area (Å²) in [5.41, 5.74) is 0. The quantitative estimate of drug-likeness (QED) is 0.806. The number of rotatable bonds is 3. The first-order valence-electron chi connectivity index (χ1n) is 6.04. The van der Waals surface area contributed by atoms with Crippen LogP contribution in [-0.2, 0) is 0 Å². The van der Waals surface area contributed by atoms with E-state index in [9.17, 15) is 13.2 Å². The summed E-state index contributed by atoms with van der Waals surface area (Å²) in [6.07, 6.45) is -0.942. The molecule has 1 heterocycles. The minimum absolute atomic E-state index is 0.0385. The van der Waals surface area contributed by atoms with E-state index in [4.69, 9.17) is 0 Å². The Kier molecular flexibility index (Phi) is 3.45. The molecule has 0 amide bonds. The second-order valence-electron chi connectivity index (χ2n) is 4.96. The molecule has 0 aromatic carbocycles. The minimum Gasteiger partial charge on any atom is -0.311 e. The molecule has 2 unspecified atom stereocenters. The minimum atomic E-state index is -4.07. The average molecular weight is 236 g/mol. The summed E-state index contributed by atoms with van der Waals surface area (Å²) in [6, 6.07) is 0.321. The van der Waals surface area contributed by atoms with Crippen LogP contribution in [-0.4, -0.2) is 42.8 Å². The van der Waals surface area contributed by atoms with Gasteiger partial charge in [0.1, 0.15) is 0 Å². The molecule has 2 aliphatic rings. The Labute approximate surface area is 94.2 Å². The second-order valence-corrected chi connectivity index (χ2v) is 4.96. The van der Waals surface area contributed by atoms with Crippen molar-refractivity contribution in [2.24, 2.45) is 5.92 Å². The predicted molar refractivity (Wildman–Crippen MR) is 56.2 cm³/mol. The van der Waals surface area contributed by atoms with E-state index in [2.05, 4.69) is 5.32 Å². The van der Waals surface area contributed by atoms with Crippen molar-refractivity contribution in [3.63, 3.8) is 0 Å². The number of hydrogen-bond acceptors (Lipinski definition) is 2. The largest absolute Gasteiger partial charge is 0.401 e. The fraction of sp³-hybridized carbons (Fsp3) is 1.00. The molecule has 2 nitrogen and oxygen atoms in total. The van der Waals surface area contributed by atoms with Gasteiger partial charge in [-0.25, -0.2) is 0 Å². The van der Waals surface area contributed by atoms with Gasteiger partial charge >= 0.3 is 6.18 Å². The summed E-state index contributed by atoms with van der Waals surface area (Å²) < 4.78 is 37.3. The van der Waals surface area contributed by atoms with Crippen LogP contribution in [0.1, 0.15) is 26.2 Å². The van der Waals surface area contributed by atoms with Crippen molar-refractivity contribution in [2.75, 3.05) is 19.6 Å². The average Bonchev–Trinajstić information content (AvgIpc) is 2.98. The third kappa shape index (κ3) is 3.10. The molecule has 1 saturated heterocycles. The Hall–Kier alpha value is -0.290. The normalized spacial score (nSPS) is 33.0. The van der Waals surface area contributed by atoms with Gasteiger partial charge in [0.05, 0.1) is 6.54 Å². The van der Waals surface area contributed by atoms with Crippen LogP contribution in [0.3, 0.4) is 0 Å². The van der Waals surface area contributed by atoms with E-state index in [1.54, 1.807) is 4.90 Å². The molecule has 5 heteroatoms. The Balaban J connectivity index is 1.93. The lowest BCUT2D eigenvalue weighted by atomic mass is 10.0. The van der Waals surface area contributed by atoms with Crippen molar-refractivity contribution >= 4 is 0 Å². The smallest absolute Gasteiger partial charge is 0.311 e. The number of nitrogens with zero attached hydrogens (tertiary/aromatic N) is 1. The second kappa shape index (κ2) is 4.53. The van der Waals surface area contributed by atoms with Gasteiger partial charge in [-0.05, 0) is 25.2 Å². The zero-order valence-corrected chi connectivity index (χ0v) is 9.56. The topological polar surface area (TPSA) is 15.3 Å². The molecule has 0 radical (unpaired) electrons. The lowest BCUT2D eigenvalue weighted by Crippen LogP contribution is -2.58. The van der Waals surface area contributed by atoms with E-state index in [0.29, 0.717) is 19.0 Å². The number of halogens is 3. The third-order valence-corrected chi connectivity index (χ3v) is 3.61. The van der Waals surface area contributed by atoms with Crippen LogP contribution in [0, 0.1) is 5.92 Å². The fourth-order valence-electron chi connectivity index (χ4n) is 2.52. The van der Waals surface area contributed by atoms with Gasteiger partial charge in [-0.2, -0.15) is 13.2 Å². The van der Waals surface area contributed by atoms with Gasteiger partial charge in [0.2, 0.25) is 0 Å². The maximum atomic E-state index is 12.4. The van der Waals surface area contributed by atoms with Gasteiger partial charge in [0.15, 0.2) is 0 Å². The van der Waals surface area contributed by atoms with Crippen LogP contribution in [0.4, 0.5) is 13.2 Å². The molecule has 0 aromatic rings. The summed E-state index contributed by atoms with van der Waals surface area (Å²) in [5.74, 6) is 0.619. The zero-order valence-electron chi connectivity index (χ0n) is 9.56. The van der Waals surface area contributed by atoms with E-state index in [0.717, 1.165) is 6.42 Å². The van der Waals surface area contributed by atoms with Crippen molar-refractivity contribution in [2.45, 2.75) is 44.4 Å². The molecular formula is C11H19F3N2. The predicted octanol–water partition coefficient (Wildman–Crippen LogP) is 2.01. The highest BCUT2D eigenvalue weighted by molar-refractivity contribution is 4.94. The first-order valence-corrected chi connectivity index (χ1v) is 6.04. The van der Waals surface area contributed by atoms with Gasteiger partial charge in [0.25, 0.3) is 0 Å². The summed E-state index contributed by atoms with van der Waals surface area (Å²) in [5, 5.41) is 3.39. The van der Waals surface area contributed by atoms with Crippen LogP contribution in [0.25, 0.3) is 0 Å². The number of hydrogen-bond donors (Lipinski definition) is 1. The van der Waals surface area contributed by atoms with Gasteiger partial charge in [-0.3, -0.25) is 4.90 Å². The first-order chi connectivity index (χ1) is 7.49. The molecule has 1 N–H and O–H groups in total. The highest BCUT2D eigenvalue weighted by Gasteiger charge is 2.40. The van der Waals surface area contributed by atoms with Crippen LogP contribution in [0.15, 0.2) is 0 Å². The van der Waals surface area contributed by atoms with Crippen molar-refractivity contribution in [3.8, 4) is 0 Å². The Bertz CT molecular complexity index is 238. The number of piperazine rings is 1. The van der Waals surface area contributed by atoms with Crippen LogP contribution in [0.2, 0.25) is 0 Å². The van der Waals surface area contributed by atoms with Crippen molar-refractivity contribution < 1.29 is 13.2 Å². The van der Waals surface area contributed by atoms with Crippen molar-refractivity contribution in [1.82, 2.24) is 10.2 Å². The fourth-order valence-corrected chi connectivity index (χ4v) is 2.52. The first kappa shape index (κ1) is 12.2. The molecule has 1 aliphatic carbocycles. The highest BCUT2D eigenvalue weighted by atomic mass is 19.4. The molecule has 2 fully saturated rings. The zero-order chi connectivity index (χ0) is 11.8. The Morgan fingerprint density at radius 2 is 2.00 bits per heavy atom. The highest BCUT2D eigenvalue weighted by Crippen LogP contribution is 2.35. The van der Waals surface area contributed by atoms with Gasteiger partial charge in [-0.1, -0.05) is 6.92 Å². The Morgan fingerprint density at radius 1 is 1.31 bits per heavy atom. The summed E-state index contributed by atoms with van der Waals surface area (Å²) in [7, 11) is 0. The summed E-state index contributed by atoms with van der Waals surface area (Å²) in [6.45, 7) is 2.46. The van der Waals surface area contributed by atoms with Gasteiger partial charge < -0.3 is 5.32 Å². The molecule has 1 aliphatic heterocycles. The van der Waals surface area contributed by atoms with E-state index in [-0.39, 0.29) is 12.1 Å². The maximum Gasteiger partial charge on any atom is 0.401 e. The number of alkyl halides is 3. The molecule has 0 aromatic heterocycles. The molecule has 94 valence electrons. The summed E-state index contributed by atoms with van der Waals surface area (Å²) in [4.78, 5) is 1.61. The molecule has 0 spiro atoms. The van der Waals surface area contributed by atoms with Crippen molar-refractivity contribution in [3.05, 3.63) is 0 Å². The molecule has 16 heavy (non-hydrogen) atoms. The van der Waals surface area contributed by atoms with E-state index >= 15 is 0 Å². The third-order valence-electron chi connectivity index (χ3n) is 3.61. The summed E-state index contributed by atoms with van der Waals surface area (Å²) >= 11 is 0. The molecule has 2 atom stereocenters. The van der Waals surface area contributed by atoms with Gasteiger partial charge in [0, 0.05) is 25.2 Å². The number of nitrogens with one attached hydrogen (secondary N) is 1. The van der Waals surface area contributed by atoms with Crippen LogP contribution in [0.5, 0.6) is 0 Å². The molecular weight excluding hydrogens is 217 g/mol. The van der Waals surface area contributed by atoms with E-state index in [1.165, 1.54) is 12.8 Å². The lowest BCUT2D eigenvalue weighted by molar-refractivity contribution is -0.154. The van der Waals surface area contributed by atoms with Gasteiger partial charge in [-0.15, -0.1) is 0 Å². The molecule has 2 rings (SSSR count). The van der Waals surface area contributed by atoms with Crippen LogP contribution < -0.4 is 5.32 Å². The van der Waals surface area contributed by atoms with Crippen molar-refractivity contribution in [1.29, 1.82) is 0 Å². The van der Waals surface area contributed by atoms with Crippen LogP contribution >= 0.6 is 0 Å². The lowest BCUT2D eigenvalue weighted by Gasteiger charge is -2.40. The monoisotopic (exact) mass is 236 g/mol. The van der Waals surface area contributed by atoms with E-state index in [1.807, 2.05) is 6.92 Å². The SMILES string of the molecule is CCC1CNC(C2CC2)CN1CC(F)(F)F. The maximum absolute atomic E-state index is 12.4. The Morgan fingerprint density at radius 3 is 2.50 bits per heavy atom. The van der Waals surface area contributed by atoms with E-state index < -0.39 is 12.7 Å².